The minimum atomic E-state index is 0.106. The molecule has 0 amide bonds. The van der Waals surface area contributed by atoms with Crippen LogP contribution in [0.2, 0.25) is 0 Å². The lowest BCUT2D eigenvalue weighted by Crippen LogP contribution is -2.15. The zero-order valence-electron chi connectivity index (χ0n) is 20.0. The molecule has 0 fully saturated rings. The molecule has 0 aliphatic heterocycles. The van der Waals surface area contributed by atoms with Gasteiger partial charge in [0.05, 0.1) is 17.1 Å². The summed E-state index contributed by atoms with van der Waals surface area (Å²) in [6.07, 6.45) is 0. The van der Waals surface area contributed by atoms with Gasteiger partial charge in [0.2, 0.25) is 0 Å². The lowest BCUT2D eigenvalue weighted by Gasteiger charge is -2.31. The summed E-state index contributed by atoms with van der Waals surface area (Å²) in [6, 6.07) is 20.1. The first-order valence-corrected chi connectivity index (χ1v) is 11.1. The van der Waals surface area contributed by atoms with Crippen molar-refractivity contribution in [3.63, 3.8) is 0 Å². The highest BCUT2D eigenvalue weighted by molar-refractivity contribution is 5.89. The second-order valence-corrected chi connectivity index (χ2v) is 8.65. The maximum absolute atomic E-state index is 11.2. The van der Waals surface area contributed by atoms with Gasteiger partial charge in [0, 0.05) is 6.07 Å². The fraction of sp³-hybridized carbons (Fsp3) is 0.172. The molecule has 3 N–H and O–H groups in total. The molecule has 0 aliphatic carbocycles. The lowest BCUT2D eigenvalue weighted by molar-refractivity contribution is 0.453. The number of rotatable bonds is 5. The van der Waals surface area contributed by atoms with Crippen molar-refractivity contribution < 1.29 is 20.1 Å². The second kappa shape index (κ2) is 9.02. The predicted octanol–water partition coefficient (Wildman–Crippen LogP) is 7.61. The van der Waals surface area contributed by atoms with E-state index in [-0.39, 0.29) is 17.2 Å². The Morgan fingerprint density at radius 1 is 0.559 bits per heavy atom. The van der Waals surface area contributed by atoms with Crippen molar-refractivity contribution in [1.82, 2.24) is 0 Å². The SMILES string of the molecule is Cc1ccc(O)cc1Oc1ccccc1N(c1c(C)ccc(C)c1O)c1c(C)ccc(C)c1O. The lowest BCUT2D eigenvalue weighted by atomic mass is 10.0. The molecule has 0 atom stereocenters. The quantitative estimate of drug-likeness (QED) is 0.289. The van der Waals surface area contributed by atoms with Crippen molar-refractivity contribution in [3.05, 3.63) is 94.5 Å². The fourth-order valence-electron chi connectivity index (χ4n) is 4.03. The molecular weight excluding hydrogens is 426 g/mol. The van der Waals surface area contributed by atoms with E-state index in [4.69, 9.17) is 4.74 Å². The third-order valence-electron chi connectivity index (χ3n) is 6.05. The summed E-state index contributed by atoms with van der Waals surface area (Å²) in [5.74, 6) is 1.39. The fourth-order valence-corrected chi connectivity index (χ4v) is 4.03. The molecule has 34 heavy (non-hydrogen) atoms. The van der Waals surface area contributed by atoms with E-state index in [9.17, 15) is 15.3 Å². The number of nitrogens with zero attached hydrogens (tertiary/aromatic N) is 1. The highest BCUT2D eigenvalue weighted by atomic mass is 16.5. The van der Waals surface area contributed by atoms with Gasteiger partial charge in [0.1, 0.15) is 23.0 Å². The van der Waals surface area contributed by atoms with Crippen LogP contribution in [0.15, 0.2) is 66.7 Å². The minimum Gasteiger partial charge on any atom is -0.508 e. The van der Waals surface area contributed by atoms with Crippen LogP contribution >= 0.6 is 0 Å². The number of para-hydroxylation sites is 2. The Bertz CT molecular complexity index is 1320. The van der Waals surface area contributed by atoms with Gasteiger partial charge in [-0.05, 0) is 80.6 Å². The number of benzene rings is 4. The number of hydrogen-bond acceptors (Lipinski definition) is 5. The zero-order valence-corrected chi connectivity index (χ0v) is 20.0. The van der Waals surface area contributed by atoms with Gasteiger partial charge in [0.15, 0.2) is 5.75 Å². The van der Waals surface area contributed by atoms with E-state index in [1.54, 1.807) is 18.2 Å². The van der Waals surface area contributed by atoms with E-state index in [0.717, 1.165) is 27.8 Å². The number of ether oxygens (including phenoxy) is 1. The number of aryl methyl sites for hydroxylation is 5. The Hall–Kier alpha value is -4.12. The topological polar surface area (TPSA) is 73.2 Å². The van der Waals surface area contributed by atoms with Crippen LogP contribution < -0.4 is 9.64 Å². The Morgan fingerprint density at radius 2 is 1.06 bits per heavy atom. The van der Waals surface area contributed by atoms with Crippen molar-refractivity contribution in [2.75, 3.05) is 4.90 Å². The van der Waals surface area contributed by atoms with Crippen LogP contribution in [0.5, 0.6) is 28.7 Å². The molecule has 4 aromatic rings. The molecule has 0 aromatic heterocycles. The first kappa shape index (κ1) is 23.1. The van der Waals surface area contributed by atoms with Crippen molar-refractivity contribution in [2.24, 2.45) is 0 Å². The average Bonchev–Trinajstić information content (AvgIpc) is 2.81. The maximum Gasteiger partial charge on any atom is 0.151 e. The molecule has 0 unspecified atom stereocenters. The van der Waals surface area contributed by atoms with E-state index >= 15 is 0 Å². The van der Waals surface area contributed by atoms with Crippen LogP contribution in [0.25, 0.3) is 0 Å². The first-order chi connectivity index (χ1) is 16.2. The first-order valence-electron chi connectivity index (χ1n) is 11.1. The Balaban J connectivity index is 2.02. The van der Waals surface area contributed by atoms with Gasteiger partial charge in [-0.1, -0.05) is 42.5 Å². The molecule has 0 saturated carbocycles. The van der Waals surface area contributed by atoms with Crippen LogP contribution in [-0.4, -0.2) is 15.3 Å². The van der Waals surface area contributed by atoms with Crippen LogP contribution in [0.3, 0.4) is 0 Å². The summed E-state index contributed by atoms with van der Waals surface area (Å²) in [5.41, 5.74) is 5.75. The largest absolute Gasteiger partial charge is 0.508 e. The highest BCUT2D eigenvalue weighted by Gasteiger charge is 2.27. The number of anilines is 3. The van der Waals surface area contributed by atoms with Gasteiger partial charge in [0.25, 0.3) is 0 Å². The van der Waals surface area contributed by atoms with Crippen molar-refractivity contribution >= 4 is 17.1 Å². The Labute approximate surface area is 200 Å². The van der Waals surface area contributed by atoms with E-state index in [0.29, 0.717) is 28.6 Å². The highest BCUT2D eigenvalue weighted by Crippen LogP contribution is 2.51. The summed E-state index contributed by atoms with van der Waals surface area (Å²) in [7, 11) is 0. The maximum atomic E-state index is 11.2. The smallest absolute Gasteiger partial charge is 0.151 e. The van der Waals surface area contributed by atoms with E-state index in [2.05, 4.69) is 0 Å². The molecule has 174 valence electrons. The second-order valence-electron chi connectivity index (χ2n) is 8.65. The molecule has 5 nitrogen and oxygen atoms in total. The van der Waals surface area contributed by atoms with Crippen LogP contribution in [0.1, 0.15) is 27.8 Å². The summed E-state index contributed by atoms with van der Waals surface area (Å²) in [4.78, 5) is 1.85. The van der Waals surface area contributed by atoms with Crippen molar-refractivity contribution in [3.8, 4) is 28.7 Å². The molecule has 0 heterocycles. The van der Waals surface area contributed by atoms with Gasteiger partial charge < -0.3 is 20.1 Å². The standard InChI is InChI=1S/C29H29NO4/c1-17-14-15-22(31)16-25(17)34-24-9-7-6-8-23(24)30(26-18(2)10-12-20(4)28(26)32)27-19(3)11-13-21(5)29(27)33/h6-16,31-33H,1-5H3. The molecule has 5 heteroatoms. The van der Waals surface area contributed by atoms with Gasteiger partial charge in [-0.2, -0.15) is 0 Å². The molecule has 0 bridgehead atoms. The Morgan fingerprint density at radius 3 is 1.65 bits per heavy atom. The molecule has 0 radical (unpaired) electrons. The minimum absolute atomic E-state index is 0.106. The third kappa shape index (κ3) is 4.13. The third-order valence-corrected chi connectivity index (χ3v) is 6.05. The molecular formula is C29H29NO4. The summed E-state index contributed by atoms with van der Waals surface area (Å²) in [5, 5.41) is 32.4. The number of aromatic hydroxyl groups is 3. The van der Waals surface area contributed by atoms with Crippen LogP contribution in [-0.2, 0) is 0 Å². The molecule has 4 rings (SSSR count). The Kier molecular flexibility index (Phi) is 6.12. The van der Waals surface area contributed by atoms with Crippen molar-refractivity contribution in [2.45, 2.75) is 34.6 Å². The van der Waals surface area contributed by atoms with Gasteiger partial charge in [-0.15, -0.1) is 0 Å². The van der Waals surface area contributed by atoms with Gasteiger partial charge in [-0.25, -0.2) is 0 Å². The average molecular weight is 456 g/mol. The molecule has 0 aliphatic rings. The normalized spacial score (nSPS) is 10.9. The number of phenolic OH excluding ortho intramolecular Hbond substituents is 3. The predicted molar refractivity (Wildman–Crippen MR) is 136 cm³/mol. The molecule has 0 spiro atoms. The number of hydrogen-bond donors (Lipinski definition) is 3. The van der Waals surface area contributed by atoms with Crippen LogP contribution in [0.4, 0.5) is 17.1 Å². The monoisotopic (exact) mass is 455 g/mol. The van der Waals surface area contributed by atoms with E-state index < -0.39 is 0 Å². The summed E-state index contributed by atoms with van der Waals surface area (Å²) < 4.78 is 6.30. The zero-order chi connectivity index (χ0) is 24.6. The number of phenols is 3. The molecule has 0 saturated heterocycles. The van der Waals surface area contributed by atoms with E-state index in [1.165, 1.54) is 0 Å². The van der Waals surface area contributed by atoms with Gasteiger partial charge >= 0.3 is 0 Å². The van der Waals surface area contributed by atoms with Crippen LogP contribution in [0, 0.1) is 34.6 Å². The van der Waals surface area contributed by atoms with Crippen molar-refractivity contribution in [1.29, 1.82) is 0 Å². The van der Waals surface area contributed by atoms with Gasteiger partial charge in [-0.3, -0.25) is 4.90 Å². The summed E-state index contributed by atoms with van der Waals surface area (Å²) >= 11 is 0. The molecule has 4 aromatic carbocycles. The van der Waals surface area contributed by atoms with E-state index in [1.807, 2.05) is 88.0 Å². The summed E-state index contributed by atoms with van der Waals surface area (Å²) in [6.45, 7) is 9.44.